The first kappa shape index (κ1) is 24.0. The topological polar surface area (TPSA) is 80.7 Å². The quantitative estimate of drug-likeness (QED) is 0.299. The predicted octanol–water partition coefficient (Wildman–Crippen LogP) is 4.99. The van der Waals surface area contributed by atoms with Gasteiger partial charge in [0, 0.05) is 55.7 Å². The van der Waals surface area contributed by atoms with Gasteiger partial charge in [0.25, 0.3) is 5.91 Å². The van der Waals surface area contributed by atoms with Crippen molar-refractivity contribution in [1.82, 2.24) is 9.88 Å². The largest absolute Gasteiger partial charge is 0.395 e. The van der Waals surface area contributed by atoms with E-state index in [0.29, 0.717) is 11.4 Å². The van der Waals surface area contributed by atoms with Gasteiger partial charge in [0.1, 0.15) is 4.83 Å². The number of amides is 1. The van der Waals surface area contributed by atoms with Crippen LogP contribution in [0, 0.1) is 0 Å². The Bertz CT molecular complexity index is 1250. The Morgan fingerprint density at radius 3 is 2.46 bits per heavy atom. The smallest absolute Gasteiger partial charge is 0.265 e. The summed E-state index contributed by atoms with van der Waals surface area (Å²) in [6.07, 6.45) is 0. The van der Waals surface area contributed by atoms with Crippen LogP contribution in [0.2, 0.25) is 5.02 Å². The Hall–Kier alpha value is -2.69. The predicted molar refractivity (Wildman–Crippen MR) is 146 cm³/mol. The molecule has 0 radical (unpaired) electrons. The number of benzene rings is 2. The molecule has 0 spiro atoms. The number of hydrogen-bond donors (Lipinski definition) is 3. The number of fused-ring (bicyclic) bond motifs is 1. The summed E-state index contributed by atoms with van der Waals surface area (Å²) in [6, 6.07) is 18.0. The van der Waals surface area contributed by atoms with Crippen LogP contribution in [0.3, 0.4) is 0 Å². The second kappa shape index (κ2) is 10.9. The summed E-state index contributed by atoms with van der Waals surface area (Å²) in [5, 5.41) is 16.5. The maximum Gasteiger partial charge on any atom is 0.265 e. The summed E-state index contributed by atoms with van der Waals surface area (Å²) < 4.78 is 0.965. The van der Waals surface area contributed by atoms with Gasteiger partial charge in [-0.05, 0) is 48.0 Å². The lowest BCUT2D eigenvalue weighted by Crippen LogP contribution is -2.45. The molecule has 1 saturated heterocycles. The minimum absolute atomic E-state index is 0.0562. The zero-order valence-corrected chi connectivity index (χ0v) is 21.4. The number of aliphatic hydroxyl groups excluding tert-OH is 1. The number of nitrogens with zero attached hydrogens (tertiary/aromatic N) is 3. The van der Waals surface area contributed by atoms with E-state index in [4.69, 9.17) is 16.7 Å². The summed E-state index contributed by atoms with van der Waals surface area (Å²) in [5.74, 6) is -0.129. The Labute approximate surface area is 217 Å². The molecule has 35 heavy (non-hydrogen) atoms. The van der Waals surface area contributed by atoms with Gasteiger partial charge in [-0.2, -0.15) is 0 Å². The number of thiophene rings is 1. The van der Waals surface area contributed by atoms with Crippen LogP contribution >= 0.6 is 34.3 Å². The highest BCUT2D eigenvalue weighted by atomic mass is 35.5. The van der Waals surface area contributed by atoms with Crippen molar-refractivity contribution in [3.05, 3.63) is 70.1 Å². The molecule has 0 atom stereocenters. The number of thiazole rings is 1. The first-order valence-corrected chi connectivity index (χ1v) is 13.5. The fourth-order valence-corrected chi connectivity index (χ4v) is 6.21. The average Bonchev–Trinajstić information content (AvgIpc) is 3.44. The maximum atomic E-state index is 12.7. The minimum Gasteiger partial charge on any atom is -0.395 e. The maximum absolute atomic E-state index is 12.7. The van der Waals surface area contributed by atoms with E-state index in [-0.39, 0.29) is 12.5 Å². The minimum atomic E-state index is -0.129. The number of halogens is 1. The van der Waals surface area contributed by atoms with Crippen molar-refractivity contribution in [2.45, 2.75) is 6.54 Å². The van der Waals surface area contributed by atoms with Gasteiger partial charge in [-0.25, -0.2) is 4.98 Å². The van der Waals surface area contributed by atoms with E-state index < -0.39 is 0 Å². The Balaban J connectivity index is 1.12. The number of aromatic nitrogens is 1. The molecule has 0 saturated carbocycles. The number of hydrogen-bond acceptors (Lipinski definition) is 8. The Kier molecular flexibility index (Phi) is 7.50. The van der Waals surface area contributed by atoms with Crippen molar-refractivity contribution in [1.29, 1.82) is 0 Å². The van der Waals surface area contributed by atoms with Crippen LogP contribution in [0.5, 0.6) is 0 Å². The lowest BCUT2D eigenvalue weighted by molar-refractivity contribution is 0.103. The molecule has 2 aromatic carbocycles. The third-order valence-electron chi connectivity index (χ3n) is 5.88. The van der Waals surface area contributed by atoms with Crippen molar-refractivity contribution in [2.75, 3.05) is 54.9 Å². The molecule has 3 N–H and O–H groups in total. The van der Waals surface area contributed by atoms with E-state index in [2.05, 4.69) is 49.7 Å². The summed E-state index contributed by atoms with van der Waals surface area (Å²) in [5.41, 5.74) is 3.22. The Morgan fingerprint density at radius 2 is 1.77 bits per heavy atom. The summed E-state index contributed by atoms with van der Waals surface area (Å²) in [7, 11) is 0. The van der Waals surface area contributed by atoms with Crippen LogP contribution in [0.15, 0.2) is 54.6 Å². The second-order valence-corrected chi connectivity index (χ2v) is 10.8. The van der Waals surface area contributed by atoms with Gasteiger partial charge in [-0.15, -0.1) is 11.3 Å². The molecule has 0 bridgehead atoms. The third kappa shape index (κ3) is 5.94. The van der Waals surface area contributed by atoms with Crippen LogP contribution in [-0.4, -0.2) is 60.2 Å². The molecule has 1 amide bonds. The third-order valence-corrected chi connectivity index (χ3v) is 8.25. The number of rotatable bonds is 8. The van der Waals surface area contributed by atoms with Crippen LogP contribution in [0.1, 0.15) is 15.2 Å². The van der Waals surface area contributed by atoms with E-state index in [1.54, 1.807) is 0 Å². The number of nitrogens with one attached hydrogen (secondary N) is 2. The van der Waals surface area contributed by atoms with Gasteiger partial charge in [0.15, 0.2) is 5.13 Å². The fraction of sp³-hybridized carbons (Fsp3) is 0.280. The summed E-state index contributed by atoms with van der Waals surface area (Å²) >= 11 is 8.86. The average molecular weight is 528 g/mol. The molecule has 4 aromatic rings. The van der Waals surface area contributed by atoms with E-state index >= 15 is 0 Å². The lowest BCUT2D eigenvalue weighted by atomic mass is 10.1. The van der Waals surface area contributed by atoms with Gasteiger partial charge in [0.05, 0.1) is 16.2 Å². The zero-order valence-electron chi connectivity index (χ0n) is 19.0. The monoisotopic (exact) mass is 527 g/mol. The standard InChI is InChI=1S/C25H26ClN5O2S2/c26-18-3-7-20(8-4-18)31-12-10-30(11-13-31)16-17-1-5-19(6-2-17)28-23(33)21-15-22-24(34-21)29-25(35-22)27-9-14-32/h1-8,15,32H,9-14,16H2,(H,27,29)(H,28,33). The molecule has 2 aromatic heterocycles. The molecule has 0 unspecified atom stereocenters. The lowest BCUT2D eigenvalue weighted by Gasteiger charge is -2.36. The van der Waals surface area contributed by atoms with Crippen LogP contribution in [0.25, 0.3) is 9.53 Å². The molecule has 1 aliphatic rings. The Morgan fingerprint density at radius 1 is 1.03 bits per heavy atom. The second-order valence-electron chi connectivity index (χ2n) is 8.34. The molecule has 0 aliphatic carbocycles. The van der Waals surface area contributed by atoms with Gasteiger partial charge in [-0.1, -0.05) is 35.1 Å². The van der Waals surface area contributed by atoms with Crippen LogP contribution in [-0.2, 0) is 6.54 Å². The first-order valence-electron chi connectivity index (χ1n) is 11.5. The highest BCUT2D eigenvalue weighted by Gasteiger charge is 2.18. The normalized spacial score (nSPS) is 14.4. The van der Waals surface area contributed by atoms with E-state index in [9.17, 15) is 4.79 Å². The summed E-state index contributed by atoms with van der Waals surface area (Å²) in [6.45, 7) is 5.39. The number of carbonyl (C=O) groups excluding carboxylic acids is 1. The van der Waals surface area contributed by atoms with E-state index in [1.807, 2.05) is 30.3 Å². The van der Waals surface area contributed by atoms with E-state index in [0.717, 1.165) is 58.1 Å². The molecule has 182 valence electrons. The SMILES string of the molecule is O=C(Nc1ccc(CN2CCN(c3ccc(Cl)cc3)CC2)cc1)c1cc2sc(NCCO)nc2s1. The van der Waals surface area contributed by atoms with Crippen molar-refractivity contribution in [2.24, 2.45) is 0 Å². The highest BCUT2D eigenvalue weighted by Crippen LogP contribution is 2.33. The zero-order chi connectivity index (χ0) is 24.2. The molecule has 3 heterocycles. The van der Waals surface area contributed by atoms with Crippen molar-refractivity contribution in [3.63, 3.8) is 0 Å². The fourth-order valence-electron chi connectivity index (χ4n) is 4.05. The number of carbonyl (C=O) groups is 1. The molecular formula is C25H26ClN5O2S2. The molecular weight excluding hydrogens is 502 g/mol. The van der Waals surface area contributed by atoms with Crippen molar-refractivity contribution < 1.29 is 9.90 Å². The molecule has 1 fully saturated rings. The van der Waals surface area contributed by atoms with Gasteiger partial charge in [-0.3, -0.25) is 9.69 Å². The summed E-state index contributed by atoms with van der Waals surface area (Å²) in [4.78, 5) is 23.5. The molecule has 5 rings (SSSR count). The number of anilines is 3. The molecule has 10 heteroatoms. The number of piperazine rings is 1. The number of aliphatic hydroxyl groups is 1. The molecule has 7 nitrogen and oxygen atoms in total. The van der Waals surface area contributed by atoms with Crippen molar-refractivity contribution >= 4 is 66.2 Å². The molecule has 1 aliphatic heterocycles. The van der Waals surface area contributed by atoms with Crippen LogP contribution < -0.4 is 15.5 Å². The van der Waals surface area contributed by atoms with Gasteiger partial charge < -0.3 is 20.6 Å². The van der Waals surface area contributed by atoms with Crippen molar-refractivity contribution in [3.8, 4) is 0 Å². The van der Waals surface area contributed by atoms with Gasteiger partial charge >= 0.3 is 0 Å². The first-order chi connectivity index (χ1) is 17.1. The van der Waals surface area contributed by atoms with Gasteiger partial charge in [0.2, 0.25) is 0 Å². The van der Waals surface area contributed by atoms with Crippen LogP contribution in [0.4, 0.5) is 16.5 Å². The highest BCUT2D eigenvalue weighted by molar-refractivity contribution is 7.29. The van der Waals surface area contributed by atoms with E-state index in [1.165, 1.54) is 33.9 Å².